The molecule has 2 unspecified atom stereocenters. The molecule has 1 aliphatic rings. The highest BCUT2D eigenvalue weighted by molar-refractivity contribution is 6.67. The van der Waals surface area contributed by atoms with Crippen LogP contribution in [0.4, 0.5) is 0 Å². The van der Waals surface area contributed by atoms with E-state index in [1.807, 2.05) is 30.3 Å². The fourth-order valence-electron chi connectivity index (χ4n) is 3.53. The predicted molar refractivity (Wildman–Crippen MR) is 106 cm³/mol. The third-order valence-corrected chi connectivity index (χ3v) is 4.92. The number of hydrogen-bond donors (Lipinski definition) is 3. The van der Waals surface area contributed by atoms with Gasteiger partial charge in [-0.1, -0.05) is 30.3 Å². The minimum atomic E-state index is -1.30. The van der Waals surface area contributed by atoms with Crippen molar-refractivity contribution < 1.29 is 15.0 Å². The molecule has 1 saturated heterocycles. The van der Waals surface area contributed by atoms with E-state index < -0.39 is 17.7 Å². The number of β-amino-alcohol motifs (C(OH)–C–C–N with tert-alkyl or cyclic N) is 1. The van der Waals surface area contributed by atoms with Crippen molar-refractivity contribution in [2.24, 2.45) is 5.92 Å². The van der Waals surface area contributed by atoms with Gasteiger partial charge < -0.3 is 20.4 Å². The molecule has 2 rings (SSSR count). The van der Waals surface area contributed by atoms with E-state index in [0.29, 0.717) is 19.4 Å². The van der Waals surface area contributed by atoms with Crippen molar-refractivity contribution in [2.75, 3.05) is 19.6 Å². The Kier molecular flexibility index (Phi) is 7.84. The molecular weight excluding hydrogens is 341 g/mol. The molecule has 0 bridgehead atoms. The van der Waals surface area contributed by atoms with Crippen molar-refractivity contribution in [3.63, 3.8) is 0 Å². The van der Waals surface area contributed by atoms with E-state index in [-0.39, 0.29) is 12.6 Å². The fourth-order valence-corrected chi connectivity index (χ4v) is 3.53. The number of carbonyl (C=O) groups excluding carboxylic acids is 1. The minimum absolute atomic E-state index is 0.113. The molecular formula is C20H30BN3O3. The van der Waals surface area contributed by atoms with Crippen molar-refractivity contribution in [3.8, 4) is 5.97 Å². The summed E-state index contributed by atoms with van der Waals surface area (Å²) in [5.41, 5.74) is -0.272. The first-order valence-electron chi connectivity index (χ1n) is 9.65. The van der Waals surface area contributed by atoms with Gasteiger partial charge in [0.25, 0.3) is 6.71 Å². The summed E-state index contributed by atoms with van der Waals surface area (Å²) < 4.78 is 0. The van der Waals surface area contributed by atoms with Gasteiger partial charge in [-0.05, 0) is 58.0 Å². The second-order valence-electron chi connectivity index (χ2n) is 8.03. The second kappa shape index (κ2) is 9.89. The molecule has 1 fully saturated rings. The highest BCUT2D eigenvalue weighted by atomic mass is 16.3. The van der Waals surface area contributed by atoms with Crippen LogP contribution in [0.25, 0.3) is 0 Å². The number of aliphatic hydroxyl groups is 2. The number of benzene rings is 1. The van der Waals surface area contributed by atoms with Crippen LogP contribution in [-0.2, 0) is 11.2 Å². The summed E-state index contributed by atoms with van der Waals surface area (Å²) in [7, 11) is 0. The minimum Gasteiger partial charge on any atom is -0.392 e. The zero-order valence-corrected chi connectivity index (χ0v) is 16.3. The van der Waals surface area contributed by atoms with E-state index in [0.717, 1.165) is 31.3 Å². The summed E-state index contributed by atoms with van der Waals surface area (Å²) in [5.74, 6) is 1.63. The van der Waals surface area contributed by atoms with Gasteiger partial charge in [0.15, 0.2) is 0 Å². The molecule has 0 radical (unpaired) electrons. The molecule has 0 spiro atoms. The molecule has 1 heterocycles. The van der Waals surface area contributed by atoms with Crippen molar-refractivity contribution in [2.45, 2.75) is 51.2 Å². The normalized spacial score (nSPS) is 17.8. The van der Waals surface area contributed by atoms with Crippen molar-refractivity contribution in [1.82, 2.24) is 10.2 Å². The predicted octanol–water partition coefficient (Wildman–Crippen LogP) is 1.31. The number of carbonyl (C=O) groups is 1. The quantitative estimate of drug-likeness (QED) is 0.473. The van der Waals surface area contributed by atoms with Crippen LogP contribution in [-0.4, -0.2) is 59.2 Å². The van der Waals surface area contributed by atoms with Gasteiger partial charge in [-0.25, -0.2) is 5.26 Å². The van der Waals surface area contributed by atoms with E-state index in [9.17, 15) is 15.0 Å². The summed E-state index contributed by atoms with van der Waals surface area (Å²) in [6, 6.07) is 9.70. The fraction of sp³-hybridized carbons (Fsp3) is 0.600. The molecule has 2 atom stereocenters. The van der Waals surface area contributed by atoms with Crippen molar-refractivity contribution in [1.29, 1.82) is 5.26 Å². The monoisotopic (exact) mass is 371 g/mol. The molecule has 146 valence electrons. The zero-order chi connectivity index (χ0) is 19.9. The molecule has 0 aromatic heterocycles. The number of nitrogens with one attached hydrogen (secondary N) is 1. The molecule has 27 heavy (non-hydrogen) atoms. The SMILES string of the molecule is CC(C)(O)NC(=O)C(Cc1ccccc1)CC(O)CN1CCB(C#N)CC1. The number of amides is 1. The molecule has 6 nitrogen and oxygen atoms in total. The Bertz CT molecular complexity index is 634. The van der Waals surface area contributed by atoms with Crippen LogP contribution in [0, 0.1) is 17.1 Å². The van der Waals surface area contributed by atoms with Gasteiger partial charge in [-0.15, -0.1) is 0 Å². The number of nitrogens with zero attached hydrogens (tertiary/aromatic N) is 2. The number of aliphatic hydroxyl groups excluding tert-OH is 1. The first-order valence-corrected chi connectivity index (χ1v) is 9.65. The molecule has 7 heteroatoms. The summed E-state index contributed by atoms with van der Waals surface area (Å²) >= 11 is 0. The van der Waals surface area contributed by atoms with E-state index in [2.05, 4.69) is 16.2 Å². The maximum atomic E-state index is 12.6. The van der Waals surface area contributed by atoms with E-state index in [4.69, 9.17) is 5.26 Å². The first kappa shape index (κ1) is 21.4. The van der Waals surface area contributed by atoms with Crippen LogP contribution in [0.2, 0.25) is 12.6 Å². The number of rotatable bonds is 8. The standard InChI is InChI=1S/C20H30BN3O3/c1-20(2,27)23-19(26)17(12-16-6-4-3-5-7-16)13-18(25)14-24-10-8-21(15-22)9-11-24/h3-7,17-18,25,27H,8-14H2,1-2H3,(H,23,26). The Labute approximate surface area is 162 Å². The molecule has 0 saturated carbocycles. The smallest absolute Gasteiger partial charge is 0.270 e. The number of hydrogen-bond acceptors (Lipinski definition) is 5. The van der Waals surface area contributed by atoms with Crippen LogP contribution < -0.4 is 5.32 Å². The molecule has 1 aromatic rings. The van der Waals surface area contributed by atoms with E-state index in [1.54, 1.807) is 0 Å². The molecule has 3 N–H and O–H groups in total. The Hall–Kier alpha value is -1.88. The average Bonchev–Trinajstić information content (AvgIpc) is 2.61. The number of nitriles is 1. The lowest BCUT2D eigenvalue weighted by molar-refractivity contribution is -0.132. The topological polar surface area (TPSA) is 96.6 Å². The Morgan fingerprint density at radius 3 is 2.52 bits per heavy atom. The summed E-state index contributed by atoms with van der Waals surface area (Å²) in [5, 5.41) is 32.1. The molecule has 1 amide bonds. The summed E-state index contributed by atoms with van der Waals surface area (Å²) in [6.07, 6.45) is 1.86. The van der Waals surface area contributed by atoms with Crippen molar-refractivity contribution in [3.05, 3.63) is 35.9 Å². The zero-order valence-electron chi connectivity index (χ0n) is 16.3. The maximum absolute atomic E-state index is 12.6. The van der Waals surface area contributed by atoms with E-state index in [1.165, 1.54) is 13.8 Å². The van der Waals surface area contributed by atoms with Gasteiger partial charge in [0, 0.05) is 18.4 Å². The lowest BCUT2D eigenvalue weighted by atomic mass is 9.45. The average molecular weight is 371 g/mol. The third kappa shape index (κ3) is 7.71. The molecule has 1 aromatic carbocycles. The summed E-state index contributed by atoms with van der Waals surface area (Å²) in [6.45, 7) is 5.27. The van der Waals surface area contributed by atoms with Crippen LogP contribution in [0.3, 0.4) is 0 Å². The molecule has 0 aliphatic carbocycles. The Morgan fingerprint density at radius 1 is 1.33 bits per heavy atom. The lowest BCUT2D eigenvalue weighted by Crippen LogP contribution is -2.47. The Balaban J connectivity index is 1.96. The Morgan fingerprint density at radius 2 is 1.96 bits per heavy atom. The van der Waals surface area contributed by atoms with Crippen LogP contribution in [0.1, 0.15) is 25.8 Å². The lowest BCUT2D eigenvalue weighted by Gasteiger charge is -2.31. The van der Waals surface area contributed by atoms with E-state index >= 15 is 0 Å². The van der Waals surface area contributed by atoms with Gasteiger partial charge >= 0.3 is 0 Å². The second-order valence-corrected chi connectivity index (χ2v) is 8.03. The van der Waals surface area contributed by atoms with Gasteiger partial charge in [-0.3, -0.25) is 4.79 Å². The largest absolute Gasteiger partial charge is 0.392 e. The van der Waals surface area contributed by atoms with Crippen LogP contribution >= 0.6 is 0 Å². The highest BCUT2D eigenvalue weighted by Crippen LogP contribution is 2.18. The molecule has 1 aliphatic heterocycles. The van der Waals surface area contributed by atoms with Gasteiger partial charge in [0.1, 0.15) is 5.72 Å². The van der Waals surface area contributed by atoms with Crippen molar-refractivity contribution >= 4 is 12.6 Å². The van der Waals surface area contributed by atoms with Crippen LogP contribution in [0.5, 0.6) is 0 Å². The maximum Gasteiger partial charge on any atom is 0.270 e. The van der Waals surface area contributed by atoms with Gasteiger partial charge in [-0.2, -0.15) is 0 Å². The van der Waals surface area contributed by atoms with Crippen LogP contribution in [0.15, 0.2) is 30.3 Å². The first-order chi connectivity index (χ1) is 12.8. The van der Waals surface area contributed by atoms with Gasteiger partial charge in [0.05, 0.1) is 6.10 Å². The van der Waals surface area contributed by atoms with Gasteiger partial charge in [0.2, 0.25) is 5.91 Å². The third-order valence-electron chi connectivity index (χ3n) is 4.92. The highest BCUT2D eigenvalue weighted by Gasteiger charge is 2.28. The summed E-state index contributed by atoms with van der Waals surface area (Å²) in [4.78, 5) is 14.8.